The largest absolute Gasteiger partial charge is 0.322 e. The minimum absolute atomic E-state index is 0.123. The molecule has 108 valence electrons. The van der Waals surface area contributed by atoms with Crippen LogP contribution in [0.3, 0.4) is 0 Å². The third kappa shape index (κ3) is 3.35. The molecule has 0 aliphatic carbocycles. The van der Waals surface area contributed by atoms with Gasteiger partial charge in [-0.2, -0.15) is 0 Å². The van der Waals surface area contributed by atoms with Crippen molar-refractivity contribution >= 4 is 28.9 Å². The molecular formula is C14H12ClN3O3. The first-order valence-electron chi connectivity index (χ1n) is 6.22. The third-order valence-electron chi connectivity index (χ3n) is 2.90. The standard InChI is InChI=1S/C14H12ClN3O3/c1-2-9-4-3-5-10(8-9)17-14(19)11-6-7-16-13(15)12(11)18(20)21/h3-8H,2H2,1H3,(H,17,19). The van der Waals surface area contributed by atoms with Gasteiger partial charge in [0.1, 0.15) is 5.56 Å². The zero-order valence-electron chi connectivity index (χ0n) is 11.2. The molecule has 0 saturated carbocycles. The van der Waals surface area contributed by atoms with Gasteiger partial charge < -0.3 is 5.32 Å². The van der Waals surface area contributed by atoms with E-state index in [1.807, 2.05) is 25.1 Å². The van der Waals surface area contributed by atoms with E-state index in [9.17, 15) is 14.9 Å². The number of hydrogen-bond donors (Lipinski definition) is 1. The fourth-order valence-electron chi connectivity index (χ4n) is 1.85. The summed E-state index contributed by atoms with van der Waals surface area (Å²) < 4.78 is 0. The predicted molar refractivity (Wildman–Crippen MR) is 79.7 cm³/mol. The van der Waals surface area contributed by atoms with E-state index in [-0.39, 0.29) is 10.7 Å². The Hall–Kier alpha value is -2.47. The summed E-state index contributed by atoms with van der Waals surface area (Å²) in [6.07, 6.45) is 2.08. The Kier molecular flexibility index (Phi) is 4.49. The summed E-state index contributed by atoms with van der Waals surface area (Å²) in [4.78, 5) is 26.1. The quantitative estimate of drug-likeness (QED) is 0.532. The first-order valence-corrected chi connectivity index (χ1v) is 6.60. The Bertz CT molecular complexity index is 704. The molecule has 1 amide bonds. The summed E-state index contributed by atoms with van der Waals surface area (Å²) in [5, 5.41) is 13.3. The lowest BCUT2D eigenvalue weighted by molar-refractivity contribution is -0.385. The van der Waals surface area contributed by atoms with E-state index in [1.165, 1.54) is 12.3 Å². The Balaban J connectivity index is 2.32. The second kappa shape index (κ2) is 6.32. The van der Waals surface area contributed by atoms with Crippen LogP contribution in [0.1, 0.15) is 22.8 Å². The summed E-state index contributed by atoms with van der Waals surface area (Å²) in [6, 6.07) is 8.53. The van der Waals surface area contributed by atoms with Gasteiger partial charge in [0.05, 0.1) is 4.92 Å². The maximum Gasteiger partial charge on any atom is 0.319 e. The Morgan fingerprint density at radius 3 is 2.86 bits per heavy atom. The van der Waals surface area contributed by atoms with E-state index in [4.69, 9.17) is 11.6 Å². The molecule has 0 atom stereocenters. The number of pyridine rings is 1. The average molecular weight is 306 g/mol. The van der Waals surface area contributed by atoms with Gasteiger partial charge in [-0.3, -0.25) is 14.9 Å². The van der Waals surface area contributed by atoms with Crippen molar-refractivity contribution in [1.82, 2.24) is 4.98 Å². The lowest BCUT2D eigenvalue weighted by Gasteiger charge is -2.07. The summed E-state index contributed by atoms with van der Waals surface area (Å²) >= 11 is 5.69. The number of nitro groups is 1. The van der Waals surface area contributed by atoms with Crippen LogP contribution in [-0.2, 0) is 6.42 Å². The molecular weight excluding hydrogens is 294 g/mol. The number of aryl methyl sites for hydroxylation is 1. The molecule has 21 heavy (non-hydrogen) atoms. The molecule has 7 heteroatoms. The monoisotopic (exact) mass is 305 g/mol. The zero-order valence-corrected chi connectivity index (χ0v) is 11.9. The van der Waals surface area contributed by atoms with Gasteiger partial charge in [0, 0.05) is 11.9 Å². The second-order valence-electron chi connectivity index (χ2n) is 4.26. The van der Waals surface area contributed by atoms with E-state index in [0.717, 1.165) is 12.0 Å². The van der Waals surface area contributed by atoms with Crippen molar-refractivity contribution < 1.29 is 9.72 Å². The van der Waals surface area contributed by atoms with Crippen LogP contribution in [-0.4, -0.2) is 15.8 Å². The van der Waals surface area contributed by atoms with Crippen LogP contribution in [0.4, 0.5) is 11.4 Å². The molecule has 0 radical (unpaired) electrons. The van der Waals surface area contributed by atoms with Crippen molar-refractivity contribution in [2.75, 3.05) is 5.32 Å². The topological polar surface area (TPSA) is 85.1 Å². The Labute approximate surface area is 125 Å². The van der Waals surface area contributed by atoms with Gasteiger partial charge in [0.15, 0.2) is 0 Å². The van der Waals surface area contributed by atoms with E-state index in [1.54, 1.807) is 6.07 Å². The number of nitrogens with zero attached hydrogens (tertiary/aromatic N) is 2. The van der Waals surface area contributed by atoms with Crippen LogP contribution in [0.2, 0.25) is 5.15 Å². The number of benzene rings is 1. The van der Waals surface area contributed by atoms with Crippen molar-refractivity contribution in [3.05, 3.63) is 62.9 Å². The number of nitrogens with one attached hydrogen (secondary N) is 1. The van der Waals surface area contributed by atoms with Gasteiger partial charge in [-0.1, -0.05) is 30.7 Å². The van der Waals surface area contributed by atoms with E-state index in [2.05, 4.69) is 10.3 Å². The molecule has 1 aromatic carbocycles. The van der Waals surface area contributed by atoms with Crippen LogP contribution >= 0.6 is 11.6 Å². The maximum atomic E-state index is 12.2. The maximum absolute atomic E-state index is 12.2. The van der Waals surface area contributed by atoms with Crippen LogP contribution in [0, 0.1) is 10.1 Å². The molecule has 1 aromatic heterocycles. The normalized spacial score (nSPS) is 10.2. The molecule has 0 unspecified atom stereocenters. The minimum Gasteiger partial charge on any atom is -0.322 e. The lowest BCUT2D eigenvalue weighted by Crippen LogP contribution is -2.14. The van der Waals surface area contributed by atoms with Gasteiger partial charge in [-0.25, -0.2) is 4.98 Å². The summed E-state index contributed by atoms with van der Waals surface area (Å²) in [6.45, 7) is 1.99. The molecule has 1 N–H and O–H groups in total. The molecule has 6 nitrogen and oxygen atoms in total. The number of rotatable bonds is 4. The van der Waals surface area contributed by atoms with E-state index < -0.39 is 16.5 Å². The molecule has 1 heterocycles. The highest BCUT2D eigenvalue weighted by molar-refractivity contribution is 6.32. The van der Waals surface area contributed by atoms with E-state index >= 15 is 0 Å². The van der Waals surface area contributed by atoms with Crippen molar-refractivity contribution in [3.63, 3.8) is 0 Å². The van der Waals surface area contributed by atoms with E-state index in [0.29, 0.717) is 5.69 Å². The van der Waals surface area contributed by atoms with Gasteiger partial charge >= 0.3 is 5.69 Å². The molecule has 0 spiro atoms. The third-order valence-corrected chi connectivity index (χ3v) is 3.18. The van der Waals surface area contributed by atoms with Crippen molar-refractivity contribution in [2.24, 2.45) is 0 Å². The highest BCUT2D eigenvalue weighted by Gasteiger charge is 2.24. The number of anilines is 1. The number of carbonyl (C=O) groups excluding carboxylic acids is 1. The predicted octanol–water partition coefficient (Wildman–Crippen LogP) is 3.46. The van der Waals surface area contributed by atoms with Crippen LogP contribution in [0.25, 0.3) is 0 Å². The smallest absolute Gasteiger partial charge is 0.319 e. The van der Waals surface area contributed by atoms with Crippen molar-refractivity contribution in [3.8, 4) is 0 Å². The lowest BCUT2D eigenvalue weighted by atomic mass is 10.1. The second-order valence-corrected chi connectivity index (χ2v) is 4.62. The highest BCUT2D eigenvalue weighted by Crippen LogP contribution is 2.26. The summed E-state index contributed by atoms with van der Waals surface area (Å²) in [5.74, 6) is -0.598. The Morgan fingerprint density at radius 2 is 2.19 bits per heavy atom. The molecule has 0 aliphatic heterocycles. The van der Waals surface area contributed by atoms with Gasteiger partial charge in [-0.05, 0) is 30.2 Å². The van der Waals surface area contributed by atoms with Gasteiger partial charge in [-0.15, -0.1) is 0 Å². The van der Waals surface area contributed by atoms with Gasteiger partial charge in [0.25, 0.3) is 5.91 Å². The molecule has 0 aliphatic rings. The molecule has 0 fully saturated rings. The first-order chi connectivity index (χ1) is 10.0. The SMILES string of the molecule is CCc1cccc(NC(=O)c2ccnc(Cl)c2[N+](=O)[O-])c1. The number of carbonyl (C=O) groups is 1. The zero-order chi connectivity index (χ0) is 15.4. The molecule has 2 rings (SSSR count). The summed E-state index contributed by atoms with van der Waals surface area (Å²) in [7, 11) is 0. The number of amides is 1. The van der Waals surface area contributed by atoms with Crippen LogP contribution in [0.5, 0.6) is 0 Å². The van der Waals surface area contributed by atoms with Crippen molar-refractivity contribution in [1.29, 1.82) is 0 Å². The molecule has 0 bridgehead atoms. The minimum atomic E-state index is -0.716. The highest BCUT2D eigenvalue weighted by atomic mass is 35.5. The number of hydrogen-bond acceptors (Lipinski definition) is 4. The van der Waals surface area contributed by atoms with Gasteiger partial charge in [0.2, 0.25) is 5.15 Å². The van der Waals surface area contributed by atoms with Crippen LogP contribution < -0.4 is 5.32 Å². The number of halogens is 1. The fourth-order valence-corrected chi connectivity index (χ4v) is 2.08. The fraction of sp³-hybridized carbons (Fsp3) is 0.143. The average Bonchev–Trinajstić information content (AvgIpc) is 2.46. The molecule has 2 aromatic rings. The van der Waals surface area contributed by atoms with Crippen molar-refractivity contribution in [2.45, 2.75) is 13.3 Å². The Morgan fingerprint density at radius 1 is 1.43 bits per heavy atom. The first kappa shape index (κ1) is 14.9. The summed E-state index contributed by atoms with van der Waals surface area (Å²) in [5.41, 5.74) is 1.00. The van der Waals surface area contributed by atoms with Crippen LogP contribution in [0.15, 0.2) is 36.5 Å². The number of aromatic nitrogens is 1. The molecule has 0 saturated heterocycles.